The Morgan fingerprint density at radius 3 is 2.59 bits per heavy atom. The van der Waals surface area contributed by atoms with Crippen molar-refractivity contribution in [2.45, 2.75) is 19.4 Å². The third kappa shape index (κ3) is 4.34. The summed E-state index contributed by atoms with van der Waals surface area (Å²) in [6.45, 7) is 3.68. The molecule has 4 rings (SSSR count). The van der Waals surface area contributed by atoms with Gasteiger partial charge in [-0.3, -0.25) is 4.79 Å². The van der Waals surface area contributed by atoms with E-state index in [9.17, 15) is 4.79 Å². The van der Waals surface area contributed by atoms with Crippen LogP contribution in [0.2, 0.25) is 0 Å². The number of quaternary nitrogens is 1. The molecule has 1 fully saturated rings. The van der Waals surface area contributed by atoms with Gasteiger partial charge in [0, 0.05) is 30.0 Å². The molecule has 142 valence electrons. The van der Waals surface area contributed by atoms with E-state index in [-0.39, 0.29) is 12.7 Å². The lowest BCUT2D eigenvalue weighted by atomic mass is 10.2. The van der Waals surface area contributed by atoms with Gasteiger partial charge in [0.05, 0.1) is 7.05 Å². The van der Waals surface area contributed by atoms with Gasteiger partial charge in [-0.15, -0.1) is 0 Å². The van der Waals surface area contributed by atoms with E-state index in [0.29, 0.717) is 6.54 Å². The molecule has 0 radical (unpaired) electrons. The van der Waals surface area contributed by atoms with E-state index in [1.807, 2.05) is 37.4 Å². The van der Waals surface area contributed by atoms with Crippen LogP contribution in [-0.2, 0) is 11.3 Å². The standard InChI is InChI=1S/C21H25N3O3/c1-23(13-16-4-9-19-20(12-16)27-15-26-19)14-21(25)22-17-5-7-18(8-6-17)24-10-2-3-11-24/h4-9,12H,2-3,10-11,13-15H2,1H3,(H,22,25)/p+1. The largest absolute Gasteiger partial charge is 0.454 e. The molecular formula is C21H26N3O3+. The summed E-state index contributed by atoms with van der Waals surface area (Å²) in [5.74, 6) is 1.58. The Morgan fingerprint density at radius 1 is 1.07 bits per heavy atom. The summed E-state index contributed by atoms with van der Waals surface area (Å²) < 4.78 is 10.7. The van der Waals surface area contributed by atoms with E-state index in [2.05, 4.69) is 22.3 Å². The molecular weight excluding hydrogens is 342 g/mol. The predicted molar refractivity (Wildman–Crippen MR) is 105 cm³/mol. The molecule has 1 saturated heterocycles. The van der Waals surface area contributed by atoms with Gasteiger partial charge in [0.1, 0.15) is 6.54 Å². The van der Waals surface area contributed by atoms with Crippen LogP contribution in [0.4, 0.5) is 11.4 Å². The molecule has 0 bridgehead atoms. The fourth-order valence-electron chi connectivity index (χ4n) is 3.67. The van der Waals surface area contributed by atoms with E-state index < -0.39 is 0 Å². The molecule has 0 spiro atoms. The predicted octanol–water partition coefficient (Wildman–Crippen LogP) is 1.67. The lowest BCUT2D eigenvalue weighted by Crippen LogP contribution is -3.08. The molecule has 2 aliphatic rings. The fraction of sp³-hybridized carbons (Fsp3) is 0.381. The maximum atomic E-state index is 12.4. The molecule has 0 aliphatic carbocycles. The number of rotatable bonds is 6. The molecule has 1 amide bonds. The summed E-state index contributed by atoms with van der Waals surface area (Å²) in [5, 5.41) is 3.00. The normalized spacial score (nSPS) is 16.4. The van der Waals surface area contributed by atoms with Crippen molar-refractivity contribution in [1.29, 1.82) is 0 Å². The second-order valence-electron chi connectivity index (χ2n) is 7.29. The van der Waals surface area contributed by atoms with Crippen molar-refractivity contribution in [2.75, 3.05) is 43.7 Å². The number of nitrogens with zero attached hydrogens (tertiary/aromatic N) is 1. The summed E-state index contributed by atoms with van der Waals surface area (Å²) in [6, 6.07) is 14.1. The second kappa shape index (κ2) is 7.88. The summed E-state index contributed by atoms with van der Waals surface area (Å²) in [4.78, 5) is 15.8. The van der Waals surface area contributed by atoms with Crippen molar-refractivity contribution in [3.8, 4) is 11.5 Å². The zero-order chi connectivity index (χ0) is 18.6. The molecule has 27 heavy (non-hydrogen) atoms. The number of amides is 1. The first kappa shape index (κ1) is 17.7. The zero-order valence-electron chi connectivity index (χ0n) is 15.7. The van der Waals surface area contributed by atoms with Gasteiger partial charge < -0.3 is 24.6 Å². The Morgan fingerprint density at radius 2 is 1.81 bits per heavy atom. The maximum Gasteiger partial charge on any atom is 0.279 e. The van der Waals surface area contributed by atoms with Crippen molar-refractivity contribution in [1.82, 2.24) is 0 Å². The molecule has 0 saturated carbocycles. The quantitative estimate of drug-likeness (QED) is 0.815. The molecule has 0 aromatic heterocycles. The van der Waals surface area contributed by atoms with Gasteiger partial charge in [0.25, 0.3) is 5.91 Å². The number of carbonyl (C=O) groups excluding carboxylic acids is 1. The van der Waals surface area contributed by atoms with Crippen LogP contribution in [0.1, 0.15) is 18.4 Å². The number of benzene rings is 2. The zero-order valence-corrected chi connectivity index (χ0v) is 15.7. The van der Waals surface area contributed by atoms with Gasteiger partial charge in [0.2, 0.25) is 6.79 Å². The summed E-state index contributed by atoms with van der Waals surface area (Å²) in [5.41, 5.74) is 3.20. The average molecular weight is 368 g/mol. The van der Waals surface area contributed by atoms with E-state index in [1.165, 1.54) is 18.5 Å². The molecule has 1 unspecified atom stereocenters. The Bertz CT molecular complexity index is 801. The lowest BCUT2D eigenvalue weighted by molar-refractivity contribution is -0.885. The second-order valence-corrected chi connectivity index (χ2v) is 7.29. The number of ether oxygens (including phenoxy) is 2. The Balaban J connectivity index is 1.28. The van der Waals surface area contributed by atoms with Gasteiger partial charge in [-0.05, 0) is 55.3 Å². The summed E-state index contributed by atoms with van der Waals surface area (Å²) in [6.07, 6.45) is 2.52. The van der Waals surface area contributed by atoms with Crippen LogP contribution in [0.25, 0.3) is 0 Å². The summed E-state index contributed by atoms with van der Waals surface area (Å²) >= 11 is 0. The maximum absolute atomic E-state index is 12.4. The highest BCUT2D eigenvalue weighted by atomic mass is 16.7. The van der Waals surface area contributed by atoms with Crippen LogP contribution in [0.3, 0.4) is 0 Å². The highest BCUT2D eigenvalue weighted by Crippen LogP contribution is 2.32. The first-order valence-electron chi connectivity index (χ1n) is 9.52. The van der Waals surface area contributed by atoms with E-state index in [1.54, 1.807) is 0 Å². The Hall–Kier alpha value is -2.73. The van der Waals surface area contributed by atoms with Crippen molar-refractivity contribution in [3.63, 3.8) is 0 Å². The van der Waals surface area contributed by atoms with Gasteiger partial charge in [0.15, 0.2) is 18.0 Å². The third-order valence-electron chi connectivity index (χ3n) is 5.03. The van der Waals surface area contributed by atoms with Crippen molar-refractivity contribution >= 4 is 17.3 Å². The van der Waals surface area contributed by atoms with Gasteiger partial charge in [-0.2, -0.15) is 0 Å². The number of carbonyl (C=O) groups is 1. The van der Waals surface area contributed by atoms with Crippen LogP contribution < -0.4 is 24.6 Å². The van der Waals surface area contributed by atoms with Crippen LogP contribution >= 0.6 is 0 Å². The smallest absolute Gasteiger partial charge is 0.279 e. The van der Waals surface area contributed by atoms with Crippen molar-refractivity contribution < 1.29 is 19.2 Å². The molecule has 2 aromatic carbocycles. The van der Waals surface area contributed by atoms with Crippen LogP contribution in [0, 0.1) is 0 Å². The number of likely N-dealkylation sites (N-methyl/N-ethyl adjacent to an activating group) is 1. The number of hydrogen-bond acceptors (Lipinski definition) is 4. The van der Waals surface area contributed by atoms with Gasteiger partial charge >= 0.3 is 0 Å². The van der Waals surface area contributed by atoms with Crippen LogP contribution in [0.15, 0.2) is 42.5 Å². The van der Waals surface area contributed by atoms with E-state index >= 15 is 0 Å². The molecule has 6 nitrogen and oxygen atoms in total. The first-order valence-corrected chi connectivity index (χ1v) is 9.52. The third-order valence-corrected chi connectivity index (χ3v) is 5.03. The minimum absolute atomic E-state index is 0.0159. The topological polar surface area (TPSA) is 55.2 Å². The molecule has 1 atom stereocenters. The monoisotopic (exact) mass is 368 g/mol. The van der Waals surface area contributed by atoms with Crippen LogP contribution in [-0.4, -0.2) is 39.4 Å². The number of anilines is 2. The summed E-state index contributed by atoms with van der Waals surface area (Å²) in [7, 11) is 2.01. The van der Waals surface area contributed by atoms with Crippen LogP contribution in [0.5, 0.6) is 11.5 Å². The Kier molecular flexibility index (Phi) is 5.16. The molecule has 6 heteroatoms. The molecule has 2 aliphatic heterocycles. The highest BCUT2D eigenvalue weighted by molar-refractivity contribution is 5.91. The highest BCUT2D eigenvalue weighted by Gasteiger charge is 2.16. The van der Waals surface area contributed by atoms with Gasteiger partial charge in [-0.25, -0.2) is 0 Å². The molecule has 2 aromatic rings. The Labute approximate surface area is 159 Å². The number of hydrogen-bond donors (Lipinski definition) is 2. The SMILES string of the molecule is C[NH+](CC(=O)Nc1ccc(N2CCCC2)cc1)Cc1ccc2c(c1)OCO2. The molecule has 2 N–H and O–H groups in total. The fourth-order valence-corrected chi connectivity index (χ4v) is 3.67. The average Bonchev–Trinajstić information content (AvgIpc) is 3.33. The van der Waals surface area contributed by atoms with E-state index in [4.69, 9.17) is 9.47 Å². The first-order chi connectivity index (χ1) is 13.2. The minimum Gasteiger partial charge on any atom is -0.454 e. The van der Waals surface area contributed by atoms with E-state index in [0.717, 1.165) is 47.3 Å². The number of nitrogens with one attached hydrogen (secondary N) is 2. The van der Waals surface area contributed by atoms with Gasteiger partial charge in [-0.1, -0.05) is 0 Å². The molecule has 2 heterocycles. The van der Waals surface area contributed by atoms with Crippen molar-refractivity contribution in [3.05, 3.63) is 48.0 Å². The lowest BCUT2D eigenvalue weighted by Gasteiger charge is -2.18. The van der Waals surface area contributed by atoms with Crippen molar-refractivity contribution in [2.24, 2.45) is 0 Å². The minimum atomic E-state index is 0.0159. The number of fused-ring (bicyclic) bond motifs is 1.